The van der Waals surface area contributed by atoms with Crippen LogP contribution in [0.25, 0.3) is 0 Å². The van der Waals surface area contributed by atoms with Gasteiger partial charge in [-0.05, 0) is 24.6 Å². The van der Waals surface area contributed by atoms with E-state index in [9.17, 15) is 0 Å². The number of rotatable bonds is 1. The maximum absolute atomic E-state index is 6.06. The largest absolute Gasteiger partial charge is 0.398 e. The van der Waals surface area contributed by atoms with Crippen LogP contribution in [0.15, 0.2) is 17.1 Å². The highest BCUT2D eigenvalue weighted by Crippen LogP contribution is 2.29. The minimum atomic E-state index is 0. The fourth-order valence-corrected chi connectivity index (χ4v) is 1.65. The number of benzene rings is 1. The second-order valence-corrected chi connectivity index (χ2v) is 3.88. The zero-order chi connectivity index (χ0) is 10.8. The van der Waals surface area contributed by atoms with Crippen molar-refractivity contribution in [3.05, 3.63) is 22.7 Å². The zero-order valence-corrected chi connectivity index (χ0v) is 11.7. The predicted molar refractivity (Wildman–Crippen MR) is 78.2 cm³/mol. The molecule has 1 aliphatic rings. The van der Waals surface area contributed by atoms with Crippen LogP contribution in [-0.2, 0) is 0 Å². The van der Waals surface area contributed by atoms with E-state index in [1.165, 1.54) is 0 Å². The van der Waals surface area contributed by atoms with Gasteiger partial charge in [0.1, 0.15) is 0 Å². The van der Waals surface area contributed by atoms with Crippen LogP contribution in [0, 0.1) is 6.92 Å². The lowest BCUT2D eigenvalue weighted by molar-refractivity contribution is 0.942. The lowest BCUT2D eigenvalue weighted by Gasteiger charge is -2.05. The second-order valence-electron chi connectivity index (χ2n) is 3.47. The molecule has 0 amide bonds. The predicted octanol–water partition coefficient (Wildman–Crippen LogP) is 2.25. The van der Waals surface area contributed by atoms with Crippen molar-refractivity contribution < 1.29 is 0 Å². The number of anilines is 1. The van der Waals surface area contributed by atoms with Crippen LogP contribution in [0.5, 0.6) is 0 Å². The summed E-state index contributed by atoms with van der Waals surface area (Å²) in [5.74, 6) is 0.750. The van der Waals surface area contributed by atoms with Crippen LogP contribution in [0.3, 0.4) is 0 Å². The summed E-state index contributed by atoms with van der Waals surface area (Å²) < 4.78 is 0. The molecule has 0 spiro atoms. The summed E-state index contributed by atoms with van der Waals surface area (Å²) in [5.41, 5.74) is 8.16. The first-order valence-corrected chi connectivity index (χ1v) is 5.16. The van der Waals surface area contributed by atoms with Gasteiger partial charge in [0.05, 0.1) is 10.7 Å². The summed E-state index contributed by atoms with van der Waals surface area (Å²) in [6.07, 6.45) is 0. The number of aryl methyl sites for hydroxylation is 1. The second kappa shape index (κ2) is 6.79. The van der Waals surface area contributed by atoms with E-state index in [4.69, 9.17) is 17.3 Å². The third-order valence-electron chi connectivity index (χ3n) is 2.28. The van der Waals surface area contributed by atoms with Gasteiger partial charge in [0.2, 0.25) is 0 Å². The molecule has 1 aromatic carbocycles. The third kappa shape index (κ3) is 3.84. The average molecular weight is 298 g/mol. The lowest BCUT2D eigenvalue weighted by atomic mass is 10.2. The molecule has 0 radical (unpaired) electrons. The first kappa shape index (κ1) is 16.2. The molecule has 1 aliphatic heterocycles. The van der Waals surface area contributed by atoms with Crippen molar-refractivity contribution in [3.8, 4) is 0 Å². The first-order valence-electron chi connectivity index (χ1n) is 4.79. The molecule has 2 rings (SSSR count). The van der Waals surface area contributed by atoms with Gasteiger partial charge in [0, 0.05) is 18.8 Å². The summed E-state index contributed by atoms with van der Waals surface area (Å²) in [6, 6.07) is 3.61. The molecule has 7 heteroatoms. The Hall–Kier alpha value is -0.840. The van der Waals surface area contributed by atoms with Gasteiger partial charge in [-0.25, -0.2) is 4.99 Å². The van der Waals surface area contributed by atoms with Gasteiger partial charge in [-0.1, -0.05) is 11.6 Å². The molecular weight excluding hydrogens is 282 g/mol. The number of hydrogen-bond donors (Lipinski definition) is 3. The van der Waals surface area contributed by atoms with Crippen molar-refractivity contribution in [2.24, 2.45) is 4.99 Å². The molecule has 1 aromatic rings. The van der Waals surface area contributed by atoms with Crippen LogP contribution >= 0.6 is 36.4 Å². The van der Waals surface area contributed by atoms with E-state index in [1.807, 2.05) is 13.0 Å². The fourth-order valence-electron chi connectivity index (χ4n) is 1.39. The summed E-state index contributed by atoms with van der Waals surface area (Å²) >= 11 is 6.06. The number of guanidine groups is 1. The number of aliphatic imine (C=N–C) groups is 1. The molecule has 4 N–H and O–H groups in total. The number of nitrogens with two attached hydrogens (primary N) is 1. The van der Waals surface area contributed by atoms with Gasteiger partial charge in [-0.2, -0.15) is 0 Å². The Morgan fingerprint density at radius 3 is 2.41 bits per heavy atom. The Morgan fingerprint density at radius 1 is 1.24 bits per heavy atom. The van der Waals surface area contributed by atoms with E-state index in [1.54, 1.807) is 6.07 Å². The molecule has 1 fully saturated rings. The SMILES string of the molecule is Cc1cc(Cl)c(N=C2NCCN2)cc1N.Cl.Cl. The Balaban J connectivity index is 0.00000128. The Labute approximate surface area is 118 Å². The van der Waals surface area contributed by atoms with Gasteiger partial charge in [0.15, 0.2) is 5.96 Å². The minimum absolute atomic E-state index is 0. The minimum Gasteiger partial charge on any atom is -0.398 e. The maximum atomic E-state index is 6.06. The van der Waals surface area contributed by atoms with Gasteiger partial charge < -0.3 is 16.4 Å². The normalized spacial score (nSPS) is 12.9. The zero-order valence-electron chi connectivity index (χ0n) is 9.29. The fraction of sp³-hybridized carbons (Fsp3) is 0.300. The quantitative estimate of drug-likeness (QED) is 0.697. The summed E-state index contributed by atoms with van der Waals surface area (Å²) in [7, 11) is 0. The summed E-state index contributed by atoms with van der Waals surface area (Å²) in [5, 5.41) is 6.83. The highest BCUT2D eigenvalue weighted by atomic mass is 35.5. The van der Waals surface area contributed by atoms with Crippen molar-refractivity contribution in [3.63, 3.8) is 0 Å². The van der Waals surface area contributed by atoms with Gasteiger partial charge in [0.25, 0.3) is 0 Å². The first-order chi connectivity index (χ1) is 7.16. The van der Waals surface area contributed by atoms with Crippen LogP contribution in [-0.4, -0.2) is 19.0 Å². The molecular formula is C10H15Cl3N4. The Morgan fingerprint density at radius 2 is 1.82 bits per heavy atom. The summed E-state index contributed by atoms with van der Waals surface area (Å²) in [4.78, 5) is 4.34. The monoisotopic (exact) mass is 296 g/mol. The molecule has 1 heterocycles. The van der Waals surface area contributed by atoms with E-state index in [2.05, 4.69) is 15.6 Å². The molecule has 0 aromatic heterocycles. The molecule has 0 atom stereocenters. The van der Waals surface area contributed by atoms with Crippen molar-refractivity contribution in [2.75, 3.05) is 18.8 Å². The van der Waals surface area contributed by atoms with Crippen molar-refractivity contribution in [2.45, 2.75) is 6.92 Å². The molecule has 4 nitrogen and oxygen atoms in total. The lowest BCUT2D eigenvalue weighted by Crippen LogP contribution is -2.23. The highest BCUT2D eigenvalue weighted by Gasteiger charge is 2.08. The number of halogens is 3. The van der Waals surface area contributed by atoms with Crippen molar-refractivity contribution >= 4 is 53.7 Å². The van der Waals surface area contributed by atoms with Crippen molar-refractivity contribution in [1.29, 1.82) is 0 Å². The third-order valence-corrected chi connectivity index (χ3v) is 2.58. The molecule has 0 saturated carbocycles. The number of nitrogen functional groups attached to an aromatic ring is 1. The standard InChI is InChI=1S/C10H13ClN4.2ClH/c1-6-4-7(11)9(5-8(6)12)15-10-13-2-3-14-10;;/h4-5H,2-3,12H2,1H3,(H2,13,14,15);2*1H. The van der Waals surface area contributed by atoms with Crippen LogP contribution in [0.1, 0.15) is 5.56 Å². The van der Waals surface area contributed by atoms with Gasteiger partial charge in [-0.3, -0.25) is 0 Å². The van der Waals surface area contributed by atoms with E-state index < -0.39 is 0 Å². The van der Waals surface area contributed by atoms with Crippen LogP contribution in [0.2, 0.25) is 5.02 Å². The number of hydrogen-bond acceptors (Lipinski definition) is 2. The maximum Gasteiger partial charge on any atom is 0.196 e. The summed E-state index contributed by atoms with van der Waals surface area (Å²) in [6.45, 7) is 3.69. The van der Waals surface area contributed by atoms with E-state index in [-0.39, 0.29) is 24.8 Å². The average Bonchev–Trinajstić information content (AvgIpc) is 2.67. The smallest absolute Gasteiger partial charge is 0.196 e. The molecule has 0 aliphatic carbocycles. The van der Waals surface area contributed by atoms with Crippen LogP contribution < -0.4 is 16.4 Å². The molecule has 17 heavy (non-hydrogen) atoms. The number of nitrogens with zero attached hydrogens (tertiary/aromatic N) is 1. The van der Waals surface area contributed by atoms with Gasteiger partial charge in [-0.15, -0.1) is 24.8 Å². The van der Waals surface area contributed by atoms with Gasteiger partial charge >= 0.3 is 0 Å². The van der Waals surface area contributed by atoms with Crippen LogP contribution in [0.4, 0.5) is 11.4 Å². The highest BCUT2D eigenvalue weighted by molar-refractivity contribution is 6.33. The molecule has 1 saturated heterocycles. The van der Waals surface area contributed by atoms with Crippen molar-refractivity contribution in [1.82, 2.24) is 10.6 Å². The van der Waals surface area contributed by atoms with E-state index >= 15 is 0 Å². The number of nitrogens with one attached hydrogen (secondary N) is 2. The Kier molecular flexibility index (Phi) is 6.45. The Bertz CT molecular complexity index is 412. The molecule has 96 valence electrons. The molecule has 0 unspecified atom stereocenters. The van der Waals surface area contributed by atoms with E-state index in [0.717, 1.165) is 24.6 Å². The molecule has 0 bridgehead atoms. The van der Waals surface area contributed by atoms with E-state index in [0.29, 0.717) is 16.4 Å². The topological polar surface area (TPSA) is 62.4 Å².